The molecule has 1 aromatic carbocycles. The van der Waals surface area contributed by atoms with Crippen molar-refractivity contribution in [3.05, 3.63) is 23.0 Å². The minimum absolute atomic E-state index is 0.00564. The first kappa shape index (κ1) is 22.7. The molecule has 12 heteroatoms. The van der Waals surface area contributed by atoms with Gasteiger partial charge in [0.1, 0.15) is 0 Å². The zero-order valence-corrected chi connectivity index (χ0v) is 18.6. The highest BCUT2D eigenvalue weighted by Crippen LogP contribution is 2.37. The Morgan fingerprint density at radius 1 is 1.26 bits per heavy atom. The Hall–Kier alpha value is -1.47. The van der Waals surface area contributed by atoms with Crippen LogP contribution in [-0.2, 0) is 21.4 Å². The van der Waals surface area contributed by atoms with Gasteiger partial charge in [-0.3, -0.25) is 9.47 Å². The minimum atomic E-state index is -4.37. The van der Waals surface area contributed by atoms with Gasteiger partial charge >= 0.3 is 6.18 Å². The molecule has 2 fully saturated rings. The zero-order chi connectivity index (χ0) is 22.4. The lowest BCUT2D eigenvalue weighted by Crippen LogP contribution is -2.42. The van der Waals surface area contributed by atoms with Crippen molar-refractivity contribution >= 4 is 33.3 Å². The second-order valence-corrected chi connectivity index (χ2v) is 10.3. The van der Waals surface area contributed by atoms with Gasteiger partial charge in [0, 0.05) is 19.1 Å². The van der Waals surface area contributed by atoms with Crippen molar-refractivity contribution in [2.75, 3.05) is 32.8 Å². The largest absolute Gasteiger partial charge is 0.429 e. The molecule has 0 radical (unpaired) electrons. The molecule has 172 valence electrons. The van der Waals surface area contributed by atoms with Crippen molar-refractivity contribution in [1.82, 2.24) is 13.8 Å². The van der Waals surface area contributed by atoms with E-state index in [-0.39, 0.29) is 41.5 Å². The van der Waals surface area contributed by atoms with E-state index in [9.17, 15) is 21.6 Å². The zero-order valence-electron chi connectivity index (χ0n) is 17.0. The standard InChI is InChI=1S/C19H24F3N3O4S2/c1-13(14-2-3-14)23(11-19(20,21)22)12-25-16-10-15(4-5-17(16)29-18(25)30)31(26,27)24-6-8-28-9-7-24/h4-5,10,13-14H,2-3,6-9,11-12H2,1H3. The smallest absolute Gasteiger partial charge is 0.401 e. The number of rotatable bonds is 7. The number of hydrogen-bond acceptors (Lipinski definition) is 6. The molecule has 0 bridgehead atoms. The van der Waals surface area contributed by atoms with E-state index in [1.807, 2.05) is 0 Å². The molecule has 2 heterocycles. The van der Waals surface area contributed by atoms with Crippen LogP contribution < -0.4 is 0 Å². The highest BCUT2D eigenvalue weighted by molar-refractivity contribution is 7.89. The Morgan fingerprint density at radius 3 is 2.55 bits per heavy atom. The van der Waals surface area contributed by atoms with Gasteiger partial charge in [-0.1, -0.05) is 0 Å². The first-order valence-corrected chi connectivity index (χ1v) is 11.9. The Balaban J connectivity index is 1.69. The number of fused-ring (bicyclic) bond motifs is 1. The fraction of sp³-hybridized carbons (Fsp3) is 0.632. The monoisotopic (exact) mass is 479 g/mol. The lowest BCUT2D eigenvalue weighted by molar-refractivity contribution is -0.155. The van der Waals surface area contributed by atoms with Crippen molar-refractivity contribution in [2.45, 2.75) is 43.5 Å². The number of benzene rings is 1. The van der Waals surface area contributed by atoms with Crippen LogP contribution in [0.4, 0.5) is 13.2 Å². The van der Waals surface area contributed by atoms with Crippen molar-refractivity contribution in [3.8, 4) is 0 Å². The maximum Gasteiger partial charge on any atom is 0.401 e. The molecule has 1 saturated heterocycles. The van der Waals surface area contributed by atoms with Crippen LogP contribution in [0.15, 0.2) is 27.5 Å². The highest BCUT2D eigenvalue weighted by atomic mass is 32.2. The minimum Gasteiger partial charge on any atom is -0.429 e. The molecule has 1 atom stereocenters. The summed E-state index contributed by atoms with van der Waals surface area (Å²) in [5, 5.41) is 0. The first-order chi connectivity index (χ1) is 14.6. The summed E-state index contributed by atoms with van der Waals surface area (Å²) in [7, 11) is -3.77. The van der Waals surface area contributed by atoms with Crippen LogP contribution >= 0.6 is 12.2 Å². The molecule has 0 spiro atoms. The van der Waals surface area contributed by atoms with Crippen LogP contribution in [0.2, 0.25) is 0 Å². The van der Waals surface area contributed by atoms with Gasteiger partial charge in [0.25, 0.3) is 4.84 Å². The average molecular weight is 480 g/mol. The molecule has 31 heavy (non-hydrogen) atoms. The van der Waals surface area contributed by atoms with E-state index < -0.39 is 22.7 Å². The normalized spacial score (nSPS) is 19.9. The van der Waals surface area contributed by atoms with Crippen LogP contribution in [0.25, 0.3) is 11.1 Å². The quantitative estimate of drug-likeness (QED) is 0.566. The van der Waals surface area contributed by atoms with E-state index in [1.165, 1.54) is 32.0 Å². The van der Waals surface area contributed by atoms with Gasteiger partial charge in [-0.15, -0.1) is 0 Å². The van der Waals surface area contributed by atoms with E-state index in [1.54, 1.807) is 6.92 Å². The van der Waals surface area contributed by atoms with Gasteiger partial charge in [-0.2, -0.15) is 17.5 Å². The van der Waals surface area contributed by atoms with Crippen molar-refractivity contribution in [3.63, 3.8) is 0 Å². The molecule has 2 aromatic rings. The molecule has 1 aliphatic heterocycles. The fourth-order valence-electron chi connectivity index (χ4n) is 3.88. The summed E-state index contributed by atoms with van der Waals surface area (Å²) in [5.74, 6) is 0.215. The van der Waals surface area contributed by atoms with Crippen molar-refractivity contribution in [2.24, 2.45) is 5.92 Å². The van der Waals surface area contributed by atoms with Crippen LogP contribution in [0.1, 0.15) is 19.8 Å². The molecule has 0 N–H and O–H groups in total. The maximum atomic E-state index is 13.2. The number of nitrogens with zero attached hydrogens (tertiary/aromatic N) is 3. The lowest BCUT2D eigenvalue weighted by atomic mass is 10.2. The number of aromatic nitrogens is 1. The summed E-state index contributed by atoms with van der Waals surface area (Å²) < 4.78 is 79.2. The Morgan fingerprint density at radius 2 is 1.94 bits per heavy atom. The average Bonchev–Trinajstić information content (AvgIpc) is 3.51. The number of ether oxygens (including phenoxy) is 1. The third-order valence-corrected chi connectivity index (χ3v) is 8.03. The number of hydrogen-bond donors (Lipinski definition) is 0. The maximum absolute atomic E-state index is 13.2. The molecule has 1 aromatic heterocycles. The topological polar surface area (TPSA) is 67.9 Å². The predicted molar refractivity (Wildman–Crippen MR) is 110 cm³/mol. The van der Waals surface area contributed by atoms with E-state index in [0.717, 1.165) is 12.8 Å². The SMILES string of the molecule is CC(C1CC1)N(Cn1c(=S)oc2ccc(S(=O)(=O)N3CCOCC3)cc21)CC(F)(F)F. The van der Waals surface area contributed by atoms with Gasteiger partial charge in [0.05, 0.1) is 36.8 Å². The summed E-state index contributed by atoms with van der Waals surface area (Å²) in [6.07, 6.45) is -2.57. The summed E-state index contributed by atoms with van der Waals surface area (Å²) >= 11 is 5.25. The van der Waals surface area contributed by atoms with Gasteiger partial charge in [-0.05, 0) is 56.1 Å². The Labute approximate surface area is 183 Å². The number of oxazole rings is 1. The van der Waals surface area contributed by atoms with E-state index in [0.29, 0.717) is 24.3 Å². The van der Waals surface area contributed by atoms with Gasteiger partial charge < -0.3 is 9.15 Å². The number of halogens is 3. The number of alkyl halides is 3. The summed E-state index contributed by atoms with van der Waals surface area (Å²) in [6, 6.07) is 4.06. The molecule has 1 saturated carbocycles. The Kier molecular flexibility index (Phi) is 6.21. The molecule has 1 aliphatic carbocycles. The lowest BCUT2D eigenvalue weighted by Gasteiger charge is -2.30. The van der Waals surface area contributed by atoms with E-state index >= 15 is 0 Å². The molecular weight excluding hydrogens is 455 g/mol. The molecule has 4 rings (SSSR count). The third kappa shape index (κ3) is 4.98. The Bertz CT molecular complexity index is 1100. The van der Waals surface area contributed by atoms with E-state index in [2.05, 4.69) is 0 Å². The van der Waals surface area contributed by atoms with Crippen LogP contribution in [0.5, 0.6) is 0 Å². The molecular formula is C19H24F3N3O4S2. The fourth-order valence-corrected chi connectivity index (χ4v) is 5.56. The molecule has 7 nitrogen and oxygen atoms in total. The third-order valence-electron chi connectivity index (χ3n) is 5.83. The summed E-state index contributed by atoms with van der Waals surface area (Å²) in [6.45, 7) is 1.69. The summed E-state index contributed by atoms with van der Waals surface area (Å²) in [5.41, 5.74) is 0.687. The van der Waals surface area contributed by atoms with Gasteiger partial charge in [0.2, 0.25) is 10.0 Å². The van der Waals surface area contributed by atoms with Gasteiger partial charge in [0.15, 0.2) is 5.58 Å². The molecule has 2 aliphatic rings. The predicted octanol–water partition coefficient (Wildman–Crippen LogP) is 3.60. The molecule has 1 unspecified atom stereocenters. The van der Waals surface area contributed by atoms with Gasteiger partial charge in [-0.25, -0.2) is 8.42 Å². The summed E-state index contributed by atoms with van der Waals surface area (Å²) in [4.78, 5) is 1.38. The number of sulfonamides is 1. The second kappa shape index (κ2) is 8.47. The van der Waals surface area contributed by atoms with Crippen molar-refractivity contribution < 1.29 is 30.7 Å². The van der Waals surface area contributed by atoms with Crippen LogP contribution in [0, 0.1) is 10.8 Å². The van der Waals surface area contributed by atoms with Crippen molar-refractivity contribution in [1.29, 1.82) is 0 Å². The second-order valence-electron chi connectivity index (χ2n) is 8.02. The van der Waals surface area contributed by atoms with E-state index in [4.69, 9.17) is 21.4 Å². The number of morpholine rings is 1. The van der Waals surface area contributed by atoms with Crippen LogP contribution in [0.3, 0.4) is 0 Å². The first-order valence-electron chi connectivity index (χ1n) is 10.1. The highest BCUT2D eigenvalue weighted by Gasteiger charge is 2.38. The molecule has 0 amide bonds. The van der Waals surface area contributed by atoms with Crippen LogP contribution in [-0.4, -0.2) is 67.3 Å².